The average molecular weight is 402 g/mol. The third-order valence-electron chi connectivity index (χ3n) is 3.43. The fourth-order valence-electron chi connectivity index (χ4n) is 2.35. The molecule has 2 atom stereocenters. The Kier molecular flexibility index (Phi) is 4.18. The number of halogens is 2. The Bertz CT molecular complexity index is 616. The van der Waals surface area contributed by atoms with E-state index < -0.39 is 0 Å². The summed E-state index contributed by atoms with van der Waals surface area (Å²) in [5.41, 5.74) is 0.687. The van der Waals surface area contributed by atoms with E-state index in [0.717, 1.165) is 21.9 Å². The molecule has 2 aromatic heterocycles. The van der Waals surface area contributed by atoms with Crippen LogP contribution in [0.2, 0.25) is 0 Å². The molecule has 1 N–H and O–H groups in total. The van der Waals surface area contributed by atoms with E-state index in [1.54, 1.807) is 6.20 Å². The Morgan fingerprint density at radius 3 is 3.00 bits per heavy atom. The van der Waals surface area contributed by atoms with Crippen LogP contribution in [-0.2, 0) is 0 Å². The van der Waals surface area contributed by atoms with Crippen LogP contribution in [0.25, 0.3) is 11.5 Å². The van der Waals surface area contributed by atoms with E-state index in [4.69, 9.17) is 4.52 Å². The zero-order chi connectivity index (χ0) is 14.1. The number of hydrogen-bond acceptors (Lipinski definition) is 5. The van der Waals surface area contributed by atoms with Gasteiger partial charge in [0.2, 0.25) is 11.7 Å². The molecule has 0 aliphatic carbocycles. The third kappa shape index (κ3) is 2.94. The van der Waals surface area contributed by atoms with E-state index in [2.05, 4.69) is 59.2 Å². The number of nitrogens with one attached hydrogen (secondary N) is 1. The molecule has 0 saturated carbocycles. The van der Waals surface area contributed by atoms with Crippen molar-refractivity contribution in [1.82, 2.24) is 20.4 Å². The second-order valence-electron chi connectivity index (χ2n) is 5.08. The minimum atomic E-state index is 0.147. The van der Waals surface area contributed by atoms with Gasteiger partial charge in [0.15, 0.2) is 0 Å². The minimum Gasteiger partial charge on any atom is -0.337 e. The molecule has 20 heavy (non-hydrogen) atoms. The van der Waals surface area contributed by atoms with E-state index >= 15 is 0 Å². The number of hydrogen-bond donors (Lipinski definition) is 1. The zero-order valence-electron chi connectivity index (χ0n) is 10.9. The molecule has 1 aliphatic heterocycles. The lowest BCUT2D eigenvalue weighted by molar-refractivity contribution is 0.260. The van der Waals surface area contributed by atoms with Crippen LogP contribution in [0.5, 0.6) is 0 Å². The van der Waals surface area contributed by atoms with Crippen LogP contribution >= 0.6 is 31.9 Å². The average Bonchev–Trinajstić information content (AvgIpc) is 2.88. The molecular weight excluding hydrogens is 388 g/mol. The first-order chi connectivity index (χ1) is 9.63. The summed E-state index contributed by atoms with van der Waals surface area (Å²) >= 11 is 6.85. The van der Waals surface area contributed by atoms with Crippen molar-refractivity contribution in [1.29, 1.82) is 0 Å². The Hall–Kier alpha value is -0.790. The first-order valence-corrected chi connectivity index (χ1v) is 8.10. The maximum absolute atomic E-state index is 5.40. The number of rotatable bonds is 2. The van der Waals surface area contributed by atoms with Gasteiger partial charge in [-0.2, -0.15) is 4.98 Å². The molecule has 5 nitrogen and oxygen atoms in total. The molecule has 0 aromatic carbocycles. The van der Waals surface area contributed by atoms with Crippen molar-refractivity contribution in [2.75, 3.05) is 6.54 Å². The zero-order valence-corrected chi connectivity index (χ0v) is 14.1. The van der Waals surface area contributed by atoms with Gasteiger partial charge in [0, 0.05) is 15.1 Å². The topological polar surface area (TPSA) is 63.8 Å². The first-order valence-electron chi connectivity index (χ1n) is 6.52. The van der Waals surface area contributed by atoms with Gasteiger partial charge in [-0.1, -0.05) is 12.1 Å². The lowest BCUT2D eigenvalue weighted by atomic mass is 9.94. The third-order valence-corrected chi connectivity index (χ3v) is 4.46. The molecule has 0 radical (unpaired) electrons. The van der Waals surface area contributed by atoms with Crippen LogP contribution in [0.4, 0.5) is 0 Å². The predicted molar refractivity (Wildman–Crippen MR) is 82.1 cm³/mol. The van der Waals surface area contributed by atoms with Crippen molar-refractivity contribution >= 4 is 31.9 Å². The van der Waals surface area contributed by atoms with Crippen molar-refractivity contribution in [3.8, 4) is 11.5 Å². The maximum atomic E-state index is 5.40. The number of nitrogens with zero attached hydrogens (tertiary/aromatic N) is 3. The van der Waals surface area contributed by atoms with E-state index in [-0.39, 0.29) is 6.04 Å². The number of pyridine rings is 1. The second kappa shape index (κ2) is 5.91. The van der Waals surface area contributed by atoms with Gasteiger partial charge < -0.3 is 9.84 Å². The Balaban J connectivity index is 1.86. The van der Waals surface area contributed by atoms with E-state index in [1.165, 1.54) is 6.42 Å². The van der Waals surface area contributed by atoms with Crippen molar-refractivity contribution in [3.63, 3.8) is 0 Å². The van der Waals surface area contributed by atoms with Crippen LogP contribution in [-0.4, -0.2) is 21.7 Å². The van der Waals surface area contributed by atoms with Crippen LogP contribution in [0.15, 0.2) is 25.7 Å². The molecule has 2 aromatic rings. The monoisotopic (exact) mass is 400 g/mol. The van der Waals surface area contributed by atoms with Gasteiger partial charge in [0.1, 0.15) is 5.69 Å². The van der Waals surface area contributed by atoms with Gasteiger partial charge in [0.25, 0.3) is 0 Å². The fraction of sp³-hybridized carbons (Fsp3) is 0.462. The van der Waals surface area contributed by atoms with Gasteiger partial charge in [-0.25, -0.2) is 0 Å². The van der Waals surface area contributed by atoms with Crippen molar-refractivity contribution < 1.29 is 4.52 Å². The van der Waals surface area contributed by atoms with Crippen LogP contribution in [0, 0.1) is 5.92 Å². The molecule has 1 fully saturated rings. The number of piperidine rings is 1. The highest BCUT2D eigenvalue weighted by Crippen LogP contribution is 2.30. The second-order valence-corrected chi connectivity index (χ2v) is 6.85. The highest BCUT2D eigenvalue weighted by atomic mass is 79.9. The molecule has 3 heterocycles. The van der Waals surface area contributed by atoms with Gasteiger partial charge in [-0.05, 0) is 63.2 Å². The maximum Gasteiger partial charge on any atom is 0.244 e. The Morgan fingerprint density at radius 2 is 2.25 bits per heavy atom. The molecule has 2 unspecified atom stereocenters. The van der Waals surface area contributed by atoms with Crippen LogP contribution in [0.1, 0.15) is 31.7 Å². The van der Waals surface area contributed by atoms with Crippen molar-refractivity contribution in [2.24, 2.45) is 5.92 Å². The smallest absolute Gasteiger partial charge is 0.244 e. The molecule has 0 bridgehead atoms. The number of aromatic nitrogens is 3. The van der Waals surface area contributed by atoms with Gasteiger partial charge in [-0.3, -0.25) is 4.98 Å². The molecular formula is C13H14Br2N4O. The largest absolute Gasteiger partial charge is 0.337 e. The first kappa shape index (κ1) is 14.2. The summed E-state index contributed by atoms with van der Waals surface area (Å²) in [6.07, 6.45) is 3.94. The minimum absolute atomic E-state index is 0.147. The summed E-state index contributed by atoms with van der Waals surface area (Å²) in [7, 11) is 0. The van der Waals surface area contributed by atoms with E-state index in [0.29, 0.717) is 23.3 Å². The summed E-state index contributed by atoms with van der Waals surface area (Å²) < 4.78 is 7.14. The van der Waals surface area contributed by atoms with Gasteiger partial charge in [-0.15, -0.1) is 0 Å². The van der Waals surface area contributed by atoms with E-state index in [1.807, 2.05) is 6.07 Å². The van der Waals surface area contributed by atoms with Gasteiger partial charge in [0.05, 0.1) is 6.04 Å². The summed E-state index contributed by atoms with van der Waals surface area (Å²) in [6, 6.07) is 2.06. The summed E-state index contributed by atoms with van der Waals surface area (Å²) in [6.45, 7) is 3.24. The molecule has 3 rings (SSSR count). The summed E-state index contributed by atoms with van der Waals surface area (Å²) in [5.74, 6) is 1.83. The van der Waals surface area contributed by atoms with E-state index in [9.17, 15) is 0 Å². The lowest BCUT2D eigenvalue weighted by Gasteiger charge is -2.25. The molecule has 0 amide bonds. The highest BCUT2D eigenvalue weighted by molar-refractivity contribution is 9.11. The fourth-order valence-corrected chi connectivity index (χ4v) is 3.51. The van der Waals surface area contributed by atoms with Crippen LogP contribution < -0.4 is 5.32 Å². The Labute approximate surface area is 133 Å². The quantitative estimate of drug-likeness (QED) is 0.830. The Morgan fingerprint density at radius 1 is 1.40 bits per heavy atom. The molecule has 1 saturated heterocycles. The van der Waals surface area contributed by atoms with Crippen LogP contribution in [0.3, 0.4) is 0 Å². The highest BCUT2D eigenvalue weighted by Gasteiger charge is 2.25. The summed E-state index contributed by atoms with van der Waals surface area (Å²) in [5, 5.41) is 7.46. The molecule has 7 heteroatoms. The summed E-state index contributed by atoms with van der Waals surface area (Å²) in [4.78, 5) is 8.80. The molecule has 0 spiro atoms. The normalized spacial score (nSPS) is 22.9. The molecule has 1 aliphatic rings. The predicted octanol–water partition coefficient (Wildman–Crippen LogP) is 3.72. The lowest BCUT2D eigenvalue weighted by Crippen LogP contribution is -2.30. The van der Waals surface area contributed by atoms with Crippen molar-refractivity contribution in [2.45, 2.75) is 25.8 Å². The molecule has 106 valence electrons. The van der Waals surface area contributed by atoms with Crippen molar-refractivity contribution in [3.05, 3.63) is 27.1 Å². The SMILES string of the molecule is CC1CCNC(c2nc(-c3ncc(Br)cc3Br)no2)C1. The van der Waals surface area contributed by atoms with Gasteiger partial charge >= 0.3 is 0 Å². The standard InChI is InChI=1S/C13H14Br2N4O/c1-7-2-3-16-10(4-7)13-18-12(19-20-13)11-9(15)5-8(14)6-17-11/h5-7,10,16H,2-4H2,1H3.